The molecule has 0 aromatic carbocycles. The van der Waals surface area contributed by atoms with E-state index >= 15 is 0 Å². The second kappa shape index (κ2) is 5.87. The fourth-order valence-electron chi connectivity index (χ4n) is 3.51. The SMILES string of the molecule is C=CCNCC(=O)NC1CC(C)(C)CC(C)(C)C1. The number of carbonyl (C=O) groups excluding carboxylic acids is 1. The molecular weight excluding hydrogens is 224 g/mol. The highest BCUT2D eigenvalue weighted by Gasteiger charge is 2.38. The van der Waals surface area contributed by atoms with E-state index in [1.807, 2.05) is 0 Å². The summed E-state index contributed by atoms with van der Waals surface area (Å²) < 4.78 is 0. The largest absolute Gasteiger partial charge is 0.352 e. The van der Waals surface area contributed by atoms with Crippen LogP contribution in [0.4, 0.5) is 0 Å². The Labute approximate surface area is 111 Å². The molecule has 0 bridgehead atoms. The van der Waals surface area contributed by atoms with Gasteiger partial charge < -0.3 is 10.6 Å². The van der Waals surface area contributed by atoms with Gasteiger partial charge in [-0.25, -0.2) is 0 Å². The molecule has 1 amide bonds. The van der Waals surface area contributed by atoms with E-state index in [0.717, 1.165) is 12.8 Å². The number of amides is 1. The number of nitrogens with one attached hydrogen (secondary N) is 2. The Balaban J connectivity index is 2.46. The minimum Gasteiger partial charge on any atom is -0.352 e. The molecule has 1 aliphatic carbocycles. The molecule has 0 aromatic heterocycles. The van der Waals surface area contributed by atoms with Crippen molar-refractivity contribution in [3.63, 3.8) is 0 Å². The molecule has 1 fully saturated rings. The van der Waals surface area contributed by atoms with E-state index in [1.165, 1.54) is 6.42 Å². The van der Waals surface area contributed by atoms with Crippen LogP contribution in [-0.2, 0) is 4.79 Å². The van der Waals surface area contributed by atoms with Crippen LogP contribution >= 0.6 is 0 Å². The topological polar surface area (TPSA) is 41.1 Å². The van der Waals surface area contributed by atoms with Crippen molar-refractivity contribution >= 4 is 5.91 Å². The highest BCUT2D eigenvalue weighted by Crippen LogP contribution is 2.45. The van der Waals surface area contributed by atoms with Gasteiger partial charge in [0.2, 0.25) is 5.91 Å². The van der Waals surface area contributed by atoms with Crippen molar-refractivity contribution in [1.29, 1.82) is 0 Å². The van der Waals surface area contributed by atoms with Gasteiger partial charge in [-0.2, -0.15) is 0 Å². The van der Waals surface area contributed by atoms with Gasteiger partial charge >= 0.3 is 0 Å². The average molecular weight is 252 g/mol. The predicted octanol–water partition coefficient (Wildman–Crippen LogP) is 2.48. The summed E-state index contributed by atoms with van der Waals surface area (Å²) >= 11 is 0. The second-order valence-corrected chi connectivity index (χ2v) is 7.10. The van der Waals surface area contributed by atoms with Crippen molar-refractivity contribution < 1.29 is 4.79 Å². The molecule has 0 unspecified atom stereocenters. The van der Waals surface area contributed by atoms with Crippen molar-refractivity contribution in [3.05, 3.63) is 12.7 Å². The Morgan fingerprint density at radius 3 is 2.33 bits per heavy atom. The first kappa shape index (κ1) is 15.2. The van der Waals surface area contributed by atoms with Crippen LogP contribution in [-0.4, -0.2) is 25.0 Å². The van der Waals surface area contributed by atoms with Crippen molar-refractivity contribution in [1.82, 2.24) is 10.6 Å². The standard InChI is InChI=1S/C15H28N2O/c1-6-7-16-10-13(18)17-12-8-14(2,3)11-15(4,5)9-12/h6,12,16H,1,7-11H2,2-5H3,(H,17,18). The third-order valence-corrected chi connectivity index (χ3v) is 3.49. The average Bonchev–Trinajstić information content (AvgIpc) is 2.12. The third-order valence-electron chi connectivity index (χ3n) is 3.49. The summed E-state index contributed by atoms with van der Waals surface area (Å²) in [5.74, 6) is 0.0929. The molecule has 3 nitrogen and oxygen atoms in total. The van der Waals surface area contributed by atoms with Crippen LogP contribution in [0.5, 0.6) is 0 Å². The van der Waals surface area contributed by atoms with Gasteiger partial charge in [-0.05, 0) is 30.1 Å². The van der Waals surface area contributed by atoms with Gasteiger partial charge in [-0.3, -0.25) is 4.79 Å². The monoisotopic (exact) mass is 252 g/mol. The van der Waals surface area contributed by atoms with Crippen LogP contribution in [0.15, 0.2) is 12.7 Å². The molecule has 3 heteroatoms. The van der Waals surface area contributed by atoms with Gasteiger partial charge in [0.05, 0.1) is 6.54 Å². The zero-order valence-electron chi connectivity index (χ0n) is 12.3. The molecule has 0 radical (unpaired) electrons. The quantitative estimate of drug-likeness (QED) is 0.583. The van der Waals surface area contributed by atoms with E-state index in [9.17, 15) is 4.79 Å². The minimum atomic E-state index is 0.0929. The van der Waals surface area contributed by atoms with Crippen molar-refractivity contribution in [3.8, 4) is 0 Å². The molecule has 18 heavy (non-hydrogen) atoms. The number of carbonyl (C=O) groups is 1. The van der Waals surface area contributed by atoms with E-state index < -0.39 is 0 Å². The zero-order valence-corrected chi connectivity index (χ0v) is 12.3. The molecule has 0 aliphatic heterocycles. The van der Waals surface area contributed by atoms with Gasteiger partial charge in [0.25, 0.3) is 0 Å². The van der Waals surface area contributed by atoms with Crippen molar-refractivity contribution in [2.45, 2.75) is 53.0 Å². The van der Waals surface area contributed by atoms with Gasteiger partial charge in [0, 0.05) is 12.6 Å². The first-order valence-corrected chi connectivity index (χ1v) is 6.85. The Bertz CT molecular complexity index is 292. The van der Waals surface area contributed by atoms with E-state index in [0.29, 0.717) is 30.0 Å². The zero-order chi connectivity index (χ0) is 13.8. The Hall–Kier alpha value is -0.830. The summed E-state index contributed by atoms with van der Waals surface area (Å²) in [5, 5.41) is 6.19. The first-order chi connectivity index (χ1) is 8.24. The highest BCUT2D eigenvalue weighted by molar-refractivity contribution is 5.78. The second-order valence-electron chi connectivity index (χ2n) is 7.10. The highest BCUT2D eigenvalue weighted by atomic mass is 16.1. The smallest absolute Gasteiger partial charge is 0.234 e. The normalized spacial score (nSPS) is 22.4. The Kier molecular flexibility index (Phi) is 4.97. The van der Waals surface area contributed by atoms with Crippen molar-refractivity contribution in [2.75, 3.05) is 13.1 Å². The molecule has 0 saturated heterocycles. The maximum atomic E-state index is 11.8. The molecule has 2 N–H and O–H groups in total. The van der Waals surface area contributed by atoms with Gasteiger partial charge in [-0.1, -0.05) is 33.8 Å². The minimum absolute atomic E-state index is 0.0929. The van der Waals surface area contributed by atoms with Gasteiger partial charge in [0.1, 0.15) is 0 Å². The fourth-order valence-corrected chi connectivity index (χ4v) is 3.51. The van der Waals surface area contributed by atoms with E-state index in [2.05, 4.69) is 44.9 Å². The van der Waals surface area contributed by atoms with Gasteiger partial charge in [0.15, 0.2) is 0 Å². The van der Waals surface area contributed by atoms with Crippen LogP contribution in [0, 0.1) is 10.8 Å². The number of hydrogen-bond donors (Lipinski definition) is 2. The molecule has 0 atom stereocenters. The van der Waals surface area contributed by atoms with E-state index in [-0.39, 0.29) is 5.91 Å². The summed E-state index contributed by atoms with van der Waals surface area (Å²) in [7, 11) is 0. The van der Waals surface area contributed by atoms with Crippen LogP contribution < -0.4 is 10.6 Å². The molecule has 1 saturated carbocycles. The van der Waals surface area contributed by atoms with E-state index in [1.54, 1.807) is 6.08 Å². The first-order valence-electron chi connectivity index (χ1n) is 6.85. The summed E-state index contributed by atoms with van der Waals surface area (Å²) in [6.07, 6.45) is 5.13. The summed E-state index contributed by atoms with van der Waals surface area (Å²) in [6.45, 7) is 13.8. The summed E-state index contributed by atoms with van der Waals surface area (Å²) in [5.41, 5.74) is 0.627. The predicted molar refractivity (Wildman–Crippen MR) is 76.4 cm³/mol. The van der Waals surface area contributed by atoms with Crippen LogP contribution in [0.2, 0.25) is 0 Å². The molecule has 1 aliphatic rings. The number of rotatable bonds is 5. The van der Waals surface area contributed by atoms with Crippen LogP contribution in [0.25, 0.3) is 0 Å². The molecule has 0 heterocycles. The fraction of sp³-hybridized carbons (Fsp3) is 0.800. The lowest BCUT2D eigenvalue weighted by Crippen LogP contribution is -2.48. The molecule has 0 aromatic rings. The Morgan fingerprint density at radius 2 is 1.83 bits per heavy atom. The molecule has 104 valence electrons. The third kappa shape index (κ3) is 5.21. The number of hydrogen-bond acceptors (Lipinski definition) is 2. The molecule has 0 spiro atoms. The van der Waals surface area contributed by atoms with E-state index in [4.69, 9.17) is 0 Å². The van der Waals surface area contributed by atoms with Crippen LogP contribution in [0.3, 0.4) is 0 Å². The molecule has 1 rings (SSSR count). The maximum Gasteiger partial charge on any atom is 0.234 e. The van der Waals surface area contributed by atoms with Crippen molar-refractivity contribution in [2.24, 2.45) is 10.8 Å². The summed E-state index contributed by atoms with van der Waals surface area (Å²) in [4.78, 5) is 11.8. The van der Waals surface area contributed by atoms with Gasteiger partial charge in [-0.15, -0.1) is 6.58 Å². The lowest BCUT2D eigenvalue weighted by atomic mass is 9.63. The van der Waals surface area contributed by atoms with Crippen LogP contribution in [0.1, 0.15) is 47.0 Å². The lowest BCUT2D eigenvalue weighted by Gasteiger charge is -2.45. The lowest BCUT2D eigenvalue weighted by molar-refractivity contribution is -0.121. The Morgan fingerprint density at radius 1 is 1.28 bits per heavy atom. The maximum absolute atomic E-state index is 11.8. The molecular formula is C15H28N2O. The summed E-state index contributed by atoms with van der Waals surface area (Å²) in [6, 6.07) is 0.307.